The molecular weight excluding hydrogens is 408 g/mol. The maximum atomic E-state index is 13.2. The van der Waals surface area contributed by atoms with Gasteiger partial charge in [0.15, 0.2) is 5.43 Å². The largest absolute Gasteiger partial charge is 0.353 e. The predicted octanol–water partition coefficient (Wildman–Crippen LogP) is 3.88. The van der Waals surface area contributed by atoms with Gasteiger partial charge in [-0.05, 0) is 73.2 Å². The van der Waals surface area contributed by atoms with E-state index in [2.05, 4.69) is 23.8 Å². The van der Waals surface area contributed by atoms with Crippen molar-refractivity contribution >= 4 is 43.3 Å². The molecule has 0 spiro atoms. The lowest BCUT2D eigenvalue weighted by atomic mass is 10.0. The molecule has 0 aliphatic carbocycles. The number of aryl methyl sites for hydroxylation is 2. The average Bonchev–Trinajstić information content (AvgIpc) is 2.79. The monoisotopic (exact) mass is 434 g/mol. The van der Waals surface area contributed by atoms with Crippen molar-refractivity contribution in [2.45, 2.75) is 25.7 Å². The van der Waals surface area contributed by atoms with Crippen molar-refractivity contribution in [1.29, 1.82) is 0 Å². The first-order valence-electron chi connectivity index (χ1n) is 10.3. The summed E-state index contributed by atoms with van der Waals surface area (Å²) in [6, 6.07) is 12.1. The molecule has 2 N–H and O–H groups in total. The number of amides is 2. The van der Waals surface area contributed by atoms with E-state index >= 15 is 0 Å². The van der Waals surface area contributed by atoms with Crippen molar-refractivity contribution in [2.24, 2.45) is 0 Å². The Hall–Kier alpha value is -3.25. The van der Waals surface area contributed by atoms with Crippen LogP contribution in [-0.2, 0) is 22.4 Å². The maximum Gasteiger partial charge on any atom is 0.243 e. The Bertz CT molecular complexity index is 1110. The SMILES string of the molecule is C=CC(=O)NCCCc1ccc2sc3ccc(CCCNC(=O)C=C)cc3c(=O)c2c1. The highest BCUT2D eigenvalue weighted by atomic mass is 32.1. The van der Waals surface area contributed by atoms with Crippen LogP contribution in [0.5, 0.6) is 0 Å². The van der Waals surface area contributed by atoms with E-state index in [0.29, 0.717) is 13.1 Å². The van der Waals surface area contributed by atoms with Crippen molar-refractivity contribution in [3.63, 3.8) is 0 Å². The molecule has 0 aliphatic rings. The number of rotatable bonds is 10. The lowest BCUT2D eigenvalue weighted by Crippen LogP contribution is -2.22. The summed E-state index contributed by atoms with van der Waals surface area (Å²) >= 11 is 1.62. The van der Waals surface area contributed by atoms with Crippen LogP contribution in [0.15, 0.2) is 66.5 Å². The molecule has 31 heavy (non-hydrogen) atoms. The van der Waals surface area contributed by atoms with E-state index in [-0.39, 0.29) is 17.2 Å². The molecule has 2 aromatic carbocycles. The molecule has 0 saturated heterocycles. The number of hydrogen-bond acceptors (Lipinski definition) is 4. The Morgan fingerprint density at radius 3 is 1.68 bits per heavy atom. The van der Waals surface area contributed by atoms with Gasteiger partial charge in [-0.25, -0.2) is 0 Å². The first-order valence-corrected chi connectivity index (χ1v) is 11.1. The second-order valence-corrected chi connectivity index (χ2v) is 8.37. The second kappa shape index (κ2) is 10.7. The molecule has 0 bridgehead atoms. The Balaban J connectivity index is 1.75. The van der Waals surface area contributed by atoms with E-state index in [4.69, 9.17) is 0 Å². The number of nitrogens with one attached hydrogen (secondary N) is 2. The standard InChI is InChI=1S/C25H26N2O3S/c1-3-23(28)26-13-5-7-17-9-11-21-19(15-17)25(30)20-16-18(10-12-22(20)31-21)8-6-14-27-24(29)4-2/h3-4,9-12,15-16H,1-2,5-8,13-14H2,(H,26,28)(H,27,29). The number of fused-ring (bicyclic) bond motifs is 2. The van der Waals surface area contributed by atoms with Crippen molar-refractivity contribution in [1.82, 2.24) is 10.6 Å². The molecular formula is C25H26N2O3S. The summed E-state index contributed by atoms with van der Waals surface area (Å²) in [6.45, 7) is 8.02. The first kappa shape index (κ1) is 22.4. The number of carbonyl (C=O) groups excluding carboxylic acids is 2. The van der Waals surface area contributed by atoms with E-state index in [1.54, 1.807) is 11.3 Å². The zero-order valence-electron chi connectivity index (χ0n) is 17.4. The fourth-order valence-electron chi connectivity index (χ4n) is 3.41. The van der Waals surface area contributed by atoms with Crippen LogP contribution in [0.2, 0.25) is 0 Å². The molecule has 0 atom stereocenters. The molecule has 1 aromatic heterocycles. The molecule has 0 radical (unpaired) electrons. The number of benzene rings is 2. The molecule has 3 rings (SSSR count). The molecule has 5 nitrogen and oxygen atoms in total. The second-order valence-electron chi connectivity index (χ2n) is 7.29. The Labute approximate surface area is 185 Å². The fourth-order valence-corrected chi connectivity index (χ4v) is 4.45. The number of hydrogen-bond donors (Lipinski definition) is 2. The minimum atomic E-state index is -0.174. The van der Waals surface area contributed by atoms with Gasteiger partial charge in [-0.2, -0.15) is 0 Å². The van der Waals surface area contributed by atoms with Crippen LogP contribution in [0.4, 0.5) is 0 Å². The van der Waals surface area contributed by atoms with Gasteiger partial charge in [0.1, 0.15) is 0 Å². The van der Waals surface area contributed by atoms with E-state index in [9.17, 15) is 14.4 Å². The maximum absolute atomic E-state index is 13.2. The van der Waals surface area contributed by atoms with Gasteiger partial charge in [0.25, 0.3) is 0 Å². The van der Waals surface area contributed by atoms with Gasteiger partial charge in [0.2, 0.25) is 11.8 Å². The highest BCUT2D eigenvalue weighted by molar-refractivity contribution is 7.24. The summed E-state index contributed by atoms with van der Waals surface area (Å²) in [6.07, 6.45) is 5.68. The van der Waals surface area contributed by atoms with Gasteiger partial charge in [-0.1, -0.05) is 25.3 Å². The Morgan fingerprint density at radius 1 is 0.806 bits per heavy atom. The summed E-state index contributed by atoms with van der Waals surface area (Å²) < 4.78 is 1.95. The summed E-state index contributed by atoms with van der Waals surface area (Å²) in [5.74, 6) is -0.347. The zero-order chi connectivity index (χ0) is 22.2. The summed E-state index contributed by atoms with van der Waals surface area (Å²) in [4.78, 5) is 35.6. The third kappa shape index (κ3) is 5.89. The van der Waals surface area contributed by atoms with Gasteiger partial charge in [0.05, 0.1) is 0 Å². The van der Waals surface area contributed by atoms with Gasteiger partial charge >= 0.3 is 0 Å². The summed E-state index contributed by atoms with van der Waals surface area (Å²) in [5, 5.41) is 7.01. The van der Waals surface area contributed by atoms with Crippen LogP contribution in [0, 0.1) is 0 Å². The van der Waals surface area contributed by atoms with Gasteiger partial charge in [0, 0.05) is 33.3 Å². The Morgan fingerprint density at radius 2 is 1.26 bits per heavy atom. The number of carbonyl (C=O) groups is 2. The van der Waals surface area contributed by atoms with Crippen LogP contribution >= 0.6 is 11.3 Å². The summed E-state index contributed by atoms with van der Waals surface area (Å²) in [7, 11) is 0. The molecule has 0 unspecified atom stereocenters. The topological polar surface area (TPSA) is 75.3 Å². The average molecular weight is 435 g/mol. The normalized spacial score (nSPS) is 10.7. The van der Waals surface area contributed by atoms with Gasteiger partial charge in [-0.3, -0.25) is 14.4 Å². The molecule has 160 valence electrons. The Kier molecular flexibility index (Phi) is 7.73. The molecule has 3 aromatic rings. The van der Waals surface area contributed by atoms with E-state index < -0.39 is 0 Å². The quantitative estimate of drug-likeness (QED) is 0.289. The van der Waals surface area contributed by atoms with E-state index in [1.165, 1.54) is 12.2 Å². The zero-order valence-corrected chi connectivity index (χ0v) is 18.2. The van der Waals surface area contributed by atoms with Crippen LogP contribution in [0.25, 0.3) is 20.2 Å². The fraction of sp³-hybridized carbons (Fsp3) is 0.240. The van der Waals surface area contributed by atoms with Crippen molar-refractivity contribution < 1.29 is 9.59 Å². The molecule has 1 heterocycles. The molecule has 6 heteroatoms. The first-order chi connectivity index (χ1) is 15.0. The lowest BCUT2D eigenvalue weighted by Gasteiger charge is -2.07. The molecule has 0 saturated carbocycles. The van der Waals surface area contributed by atoms with Crippen molar-refractivity contribution in [3.05, 3.63) is 83.1 Å². The third-order valence-electron chi connectivity index (χ3n) is 5.05. The minimum Gasteiger partial charge on any atom is -0.353 e. The van der Waals surface area contributed by atoms with Gasteiger partial charge in [-0.15, -0.1) is 11.3 Å². The van der Waals surface area contributed by atoms with Gasteiger partial charge < -0.3 is 10.6 Å². The smallest absolute Gasteiger partial charge is 0.243 e. The van der Waals surface area contributed by atoms with Crippen LogP contribution in [0.1, 0.15) is 24.0 Å². The minimum absolute atomic E-state index is 0.0485. The molecule has 0 aliphatic heterocycles. The highest BCUT2D eigenvalue weighted by Gasteiger charge is 2.08. The van der Waals surface area contributed by atoms with Crippen LogP contribution < -0.4 is 16.1 Å². The van der Waals surface area contributed by atoms with E-state index in [1.807, 2.05) is 36.4 Å². The van der Waals surface area contributed by atoms with Crippen molar-refractivity contribution in [2.75, 3.05) is 13.1 Å². The summed E-state index contributed by atoms with van der Waals surface area (Å²) in [5.41, 5.74) is 2.21. The van der Waals surface area contributed by atoms with Crippen LogP contribution in [0.3, 0.4) is 0 Å². The highest BCUT2D eigenvalue weighted by Crippen LogP contribution is 2.26. The predicted molar refractivity (Wildman–Crippen MR) is 129 cm³/mol. The van der Waals surface area contributed by atoms with Crippen LogP contribution in [-0.4, -0.2) is 24.9 Å². The lowest BCUT2D eigenvalue weighted by molar-refractivity contribution is -0.117. The van der Waals surface area contributed by atoms with E-state index in [0.717, 1.165) is 57.0 Å². The van der Waals surface area contributed by atoms with Crippen molar-refractivity contribution in [3.8, 4) is 0 Å². The molecule has 0 fully saturated rings. The third-order valence-corrected chi connectivity index (χ3v) is 6.20. The molecule has 2 amide bonds.